The van der Waals surface area contributed by atoms with Gasteiger partial charge in [0, 0.05) is 26.1 Å². The standard InChI is InChI=1S/C42H70N6O7/c1-9-11-20-31(34(49)37(51)43-23-10-2)45-36(50)32-24-30(28(3)4)26-48(32)38(52)35(42(8)21-16-13-17-22-42)47-39(53)46-33(41(5,6)7)27-55-40(54)44-25-29-18-14-12-15-19-29/h1,28-33,35H,10-27H2,2-8H3,(H,43,51)(H,44,54)(H,45,50)(H2,46,47,53)/t30-,31?,32?,33-,35?/m1/s1. The summed E-state index contributed by atoms with van der Waals surface area (Å²) in [6, 6.07) is -4.13. The van der Waals surface area contributed by atoms with Gasteiger partial charge in [0.1, 0.15) is 18.7 Å². The molecule has 5 N–H and O–H groups in total. The van der Waals surface area contributed by atoms with Gasteiger partial charge in [-0.15, -0.1) is 12.3 Å². The van der Waals surface area contributed by atoms with Crippen LogP contribution in [0.15, 0.2) is 0 Å². The fourth-order valence-corrected chi connectivity index (χ4v) is 8.11. The van der Waals surface area contributed by atoms with E-state index in [1.807, 2.05) is 48.5 Å². The number of rotatable bonds is 17. The molecule has 0 radical (unpaired) electrons. The minimum Gasteiger partial charge on any atom is -0.447 e. The molecule has 0 spiro atoms. The number of alkyl carbamates (subject to hydrolysis) is 1. The summed E-state index contributed by atoms with van der Waals surface area (Å²) in [5, 5.41) is 14.3. The topological polar surface area (TPSA) is 175 Å². The van der Waals surface area contributed by atoms with Crippen molar-refractivity contribution in [3.63, 3.8) is 0 Å². The van der Waals surface area contributed by atoms with Crippen LogP contribution in [0.5, 0.6) is 0 Å². The number of ketones is 1. The number of hydrogen-bond acceptors (Lipinski definition) is 7. The molecule has 0 bridgehead atoms. The molecule has 3 aliphatic rings. The highest BCUT2D eigenvalue weighted by Crippen LogP contribution is 2.41. The number of ether oxygens (including phenoxy) is 1. The van der Waals surface area contributed by atoms with E-state index in [0.29, 0.717) is 51.2 Å². The summed E-state index contributed by atoms with van der Waals surface area (Å²) in [5.41, 5.74) is -1.07. The third kappa shape index (κ3) is 13.7. The number of carbonyl (C=O) groups is 6. The third-order valence-corrected chi connectivity index (χ3v) is 12.0. The van der Waals surface area contributed by atoms with Crippen LogP contribution in [0.4, 0.5) is 9.59 Å². The van der Waals surface area contributed by atoms with Crippen LogP contribution < -0.4 is 26.6 Å². The van der Waals surface area contributed by atoms with Gasteiger partial charge in [-0.05, 0) is 73.5 Å². The Morgan fingerprint density at radius 2 is 1.58 bits per heavy atom. The van der Waals surface area contributed by atoms with Crippen LogP contribution in [0.25, 0.3) is 0 Å². The first-order chi connectivity index (χ1) is 26.0. The Kier molecular flexibility index (Phi) is 17.8. The Labute approximate surface area is 329 Å². The molecule has 5 atom stereocenters. The monoisotopic (exact) mass is 771 g/mol. The maximum atomic E-state index is 14.9. The van der Waals surface area contributed by atoms with E-state index in [1.54, 1.807) is 4.90 Å². The number of nitrogens with zero attached hydrogens (tertiary/aromatic N) is 1. The lowest BCUT2D eigenvalue weighted by Gasteiger charge is -2.42. The highest BCUT2D eigenvalue weighted by molar-refractivity contribution is 6.38. The lowest BCUT2D eigenvalue weighted by atomic mass is 9.70. The second-order valence-corrected chi connectivity index (χ2v) is 17.8. The van der Waals surface area contributed by atoms with E-state index in [4.69, 9.17) is 11.2 Å². The molecule has 3 fully saturated rings. The number of likely N-dealkylation sites (tertiary alicyclic amines) is 1. The Balaban J connectivity index is 1.81. The molecule has 3 unspecified atom stereocenters. The minimum absolute atomic E-state index is 0.00673. The van der Waals surface area contributed by atoms with Crippen molar-refractivity contribution in [3.8, 4) is 12.3 Å². The van der Waals surface area contributed by atoms with Gasteiger partial charge in [-0.3, -0.25) is 19.2 Å². The number of amides is 6. The second-order valence-electron chi connectivity index (χ2n) is 17.8. The van der Waals surface area contributed by atoms with Crippen molar-refractivity contribution in [1.82, 2.24) is 31.5 Å². The van der Waals surface area contributed by atoms with E-state index in [0.717, 1.165) is 32.1 Å². The van der Waals surface area contributed by atoms with Gasteiger partial charge in [0.05, 0.1) is 12.1 Å². The molecule has 55 heavy (non-hydrogen) atoms. The van der Waals surface area contributed by atoms with Gasteiger partial charge in [0.25, 0.3) is 5.91 Å². The summed E-state index contributed by atoms with van der Waals surface area (Å²) in [6.45, 7) is 15.0. The summed E-state index contributed by atoms with van der Waals surface area (Å²) in [6.07, 6.45) is 16.2. The predicted molar refractivity (Wildman–Crippen MR) is 213 cm³/mol. The maximum absolute atomic E-state index is 14.9. The zero-order valence-electron chi connectivity index (χ0n) is 34.7. The van der Waals surface area contributed by atoms with Crippen molar-refractivity contribution in [3.05, 3.63) is 0 Å². The normalized spacial score (nSPS) is 21.7. The quantitative estimate of drug-likeness (QED) is 0.0997. The van der Waals surface area contributed by atoms with Gasteiger partial charge in [0.2, 0.25) is 17.6 Å². The highest BCUT2D eigenvalue weighted by Gasteiger charge is 2.49. The SMILES string of the molecule is C#CCCC(NC(=O)C1C[C@@H](C(C)C)CN1C(=O)C(NC(=O)N[C@H](COC(=O)NCC1CCCCC1)C(C)(C)C)C1(C)CCCCC1)C(=O)C(=O)NCCC. The number of terminal acetylenes is 1. The Hall–Kier alpha value is -3.82. The second kappa shape index (κ2) is 21.5. The molecule has 0 aromatic carbocycles. The van der Waals surface area contributed by atoms with Crippen molar-refractivity contribution in [2.75, 3.05) is 26.2 Å². The first-order valence-electron chi connectivity index (χ1n) is 20.8. The summed E-state index contributed by atoms with van der Waals surface area (Å²) in [4.78, 5) is 82.9. The van der Waals surface area contributed by atoms with Crippen LogP contribution in [-0.2, 0) is 23.9 Å². The molecule has 0 aromatic heterocycles. The summed E-state index contributed by atoms with van der Waals surface area (Å²) in [7, 11) is 0. The Morgan fingerprint density at radius 1 is 0.927 bits per heavy atom. The van der Waals surface area contributed by atoms with Crippen molar-refractivity contribution < 1.29 is 33.5 Å². The average Bonchev–Trinajstić information content (AvgIpc) is 3.61. The lowest BCUT2D eigenvalue weighted by molar-refractivity contribution is -0.144. The van der Waals surface area contributed by atoms with Crippen molar-refractivity contribution in [1.29, 1.82) is 0 Å². The summed E-state index contributed by atoms with van der Waals surface area (Å²) >= 11 is 0. The maximum Gasteiger partial charge on any atom is 0.407 e. The smallest absolute Gasteiger partial charge is 0.407 e. The number of carbonyl (C=O) groups excluding carboxylic acids is 6. The van der Waals surface area contributed by atoms with E-state index in [1.165, 1.54) is 19.3 Å². The number of Topliss-reactive ketones (excluding diaryl/α,β-unsaturated/α-hetero) is 1. The van der Waals surface area contributed by atoms with Gasteiger partial charge in [-0.2, -0.15) is 0 Å². The molecular weight excluding hydrogens is 700 g/mol. The van der Waals surface area contributed by atoms with Crippen LogP contribution in [0.1, 0.15) is 138 Å². The zero-order valence-corrected chi connectivity index (χ0v) is 34.7. The number of urea groups is 1. The van der Waals surface area contributed by atoms with Crippen molar-refractivity contribution in [2.24, 2.45) is 28.6 Å². The van der Waals surface area contributed by atoms with E-state index >= 15 is 0 Å². The largest absolute Gasteiger partial charge is 0.447 e. The van der Waals surface area contributed by atoms with E-state index in [2.05, 4.69) is 32.5 Å². The van der Waals surface area contributed by atoms with E-state index in [9.17, 15) is 28.8 Å². The Bertz CT molecular complexity index is 1360. The third-order valence-electron chi connectivity index (χ3n) is 12.0. The molecular formula is C42H70N6O7. The van der Waals surface area contributed by atoms with Crippen LogP contribution in [0.3, 0.4) is 0 Å². The Morgan fingerprint density at radius 3 is 2.18 bits per heavy atom. The average molecular weight is 771 g/mol. The summed E-state index contributed by atoms with van der Waals surface area (Å²) in [5.74, 6) is 0.618. The van der Waals surface area contributed by atoms with Crippen molar-refractivity contribution >= 4 is 35.6 Å². The first kappa shape index (κ1) is 45.6. The number of nitrogens with one attached hydrogen (secondary N) is 5. The molecule has 6 amide bonds. The van der Waals surface area contributed by atoms with Gasteiger partial charge >= 0.3 is 12.1 Å². The first-order valence-corrected chi connectivity index (χ1v) is 20.8. The molecule has 2 saturated carbocycles. The molecule has 3 rings (SSSR count). The van der Waals surface area contributed by atoms with Gasteiger partial charge in [-0.1, -0.05) is 87.0 Å². The molecule has 310 valence electrons. The molecule has 1 aliphatic heterocycles. The van der Waals surface area contributed by atoms with Gasteiger partial charge < -0.3 is 36.2 Å². The highest BCUT2D eigenvalue weighted by atomic mass is 16.5. The predicted octanol–water partition coefficient (Wildman–Crippen LogP) is 5.21. The van der Waals surface area contributed by atoms with E-state index in [-0.39, 0.29) is 37.2 Å². The minimum atomic E-state index is -1.14. The van der Waals surface area contributed by atoms with Gasteiger partial charge in [0.15, 0.2) is 0 Å². The molecule has 0 aromatic rings. The molecule has 2 aliphatic carbocycles. The molecule has 13 nitrogen and oxygen atoms in total. The number of hydrogen-bond donors (Lipinski definition) is 5. The van der Waals surface area contributed by atoms with Crippen LogP contribution in [0.2, 0.25) is 0 Å². The molecule has 1 heterocycles. The van der Waals surface area contributed by atoms with Crippen LogP contribution in [-0.4, -0.2) is 90.9 Å². The summed E-state index contributed by atoms with van der Waals surface area (Å²) < 4.78 is 5.60. The van der Waals surface area contributed by atoms with Crippen LogP contribution in [0, 0.1) is 40.9 Å². The fraction of sp³-hybridized carbons (Fsp3) is 0.810. The van der Waals surface area contributed by atoms with Crippen molar-refractivity contribution in [2.45, 2.75) is 163 Å². The lowest BCUT2D eigenvalue weighted by Crippen LogP contribution is -2.62. The van der Waals surface area contributed by atoms with Crippen LogP contribution >= 0.6 is 0 Å². The zero-order chi connectivity index (χ0) is 40.8. The fourth-order valence-electron chi connectivity index (χ4n) is 8.11. The van der Waals surface area contributed by atoms with Gasteiger partial charge in [-0.25, -0.2) is 9.59 Å². The van der Waals surface area contributed by atoms with E-state index < -0.39 is 64.7 Å². The molecule has 1 saturated heterocycles. The molecule has 13 heteroatoms.